The van der Waals surface area contributed by atoms with Gasteiger partial charge in [0.1, 0.15) is 0 Å². The maximum atomic E-state index is 4.61. The molecule has 0 atom stereocenters. The van der Waals surface area contributed by atoms with E-state index in [-0.39, 0.29) is 0 Å². The Morgan fingerprint density at radius 2 is 1.81 bits per heavy atom. The Labute approximate surface area is 140 Å². The first-order valence-electron chi connectivity index (χ1n) is 6.66. The van der Waals surface area contributed by atoms with Crippen LogP contribution in [0.15, 0.2) is 45.3 Å². The minimum atomic E-state index is 0.682. The van der Waals surface area contributed by atoms with Crippen molar-refractivity contribution >= 4 is 48.5 Å². The molecule has 5 heteroatoms. The molecule has 0 saturated carbocycles. The molecule has 1 heterocycles. The molecule has 0 bridgehead atoms. The SMILES string of the molecule is Cc1cc(Br)c(NCc2nn(C)c3ccccc23)c(Br)c1. The molecule has 1 aromatic heterocycles. The molecule has 0 radical (unpaired) electrons. The van der Waals surface area contributed by atoms with Crippen molar-refractivity contribution in [2.45, 2.75) is 13.5 Å². The maximum Gasteiger partial charge on any atom is 0.0894 e. The average molecular weight is 409 g/mol. The second kappa shape index (κ2) is 5.81. The Balaban J connectivity index is 1.91. The van der Waals surface area contributed by atoms with E-state index in [2.05, 4.69) is 73.5 Å². The highest BCUT2D eigenvalue weighted by atomic mass is 79.9. The van der Waals surface area contributed by atoms with E-state index in [1.807, 2.05) is 23.9 Å². The molecule has 21 heavy (non-hydrogen) atoms. The predicted molar refractivity (Wildman–Crippen MR) is 94.6 cm³/mol. The van der Waals surface area contributed by atoms with Gasteiger partial charge in [-0.2, -0.15) is 5.10 Å². The van der Waals surface area contributed by atoms with E-state index in [0.717, 1.165) is 25.8 Å². The molecular formula is C16H15Br2N3. The molecule has 1 N–H and O–H groups in total. The number of hydrogen-bond donors (Lipinski definition) is 1. The topological polar surface area (TPSA) is 29.9 Å². The van der Waals surface area contributed by atoms with Gasteiger partial charge in [-0.3, -0.25) is 4.68 Å². The molecule has 0 saturated heterocycles. The van der Waals surface area contributed by atoms with Crippen LogP contribution in [0.5, 0.6) is 0 Å². The third-order valence-electron chi connectivity index (χ3n) is 3.45. The van der Waals surface area contributed by atoms with E-state index in [1.165, 1.54) is 10.9 Å². The average Bonchev–Trinajstić information content (AvgIpc) is 2.75. The van der Waals surface area contributed by atoms with E-state index in [4.69, 9.17) is 0 Å². The Morgan fingerprint density at radius 1 is 1.14 bits per heavy atom. The van der Waals surface area contributed by atoms with Crippen LogP contribution < -0.4 is 5.32 Å². The zero-order valence-corrected chi connectivity index (χ0v) is 15.0. The Bertz CT molecular complexity index is 785. The van der Waals surface area contributed by atoms with E-state index < -0.39 is 0 Å². The number of aryl methyl sites for hydroxylation is 2. The molecule has 3 rings (SSSR count). The van der Waals surface area contributed by atoms with Gasteiger partial charge >= 0.3 is 0 Å². The first-order chi connectivity index (χ1) is 10.1. The van der Waals surface area contributed by atoms with Crippen LogP contribution in [0, 0.1) is 6.92 Å². The molecule has 2 aromatic carbocycles. The Kier molecular flexibility index (Phi) is 4.04. The normalized spacial score (nSPS) is 11.0. The molecule has 0 aliphatic rings. The Morgan fingerprint density at radius 3 is 2.52 bits per heavy atom. The lowest BCUT2D eigenvalue weighted by Gasteiger charge is -2.11. The van der Waals surface area contributed by atoms with Gasteiger partial charge in [0, 0.05) is 21.4 Å². The molecule has 0 aliphatic heterocycles. The number of anilines is 1. The minimum Gasteiger partial charge on any atom is -0.377 e. The van der Waals surface area contributed by atoms with Crippen LogP contribution in [0.2, 0.25) is 0 Å². The number of benzene rings is 2. The summed E-state index contributed by atoms with van der Waals surface area (Å²) >= 11 is 7.22. The van der Waals surface area contributed by atoms with Crippen molar-refractivity contribution in [3.8, 4) is 0 Å². The molecule has 0 amide bonds. The zero-order valence-electron chi connectivity index (χ0n) is 11.8. The number of para-hydroxylation sites is 1. The van der Waals surface area contributed by atoms with Crippen LogP contribution in [-0.4, -0.2) is 9.78 Å². The van der Waals surface area contributed by atoms with Gasteiger partial charge in [0.2, 0.25) is 0 Å². The number of fused-ring (bicyclic) bond motifs is 1. The molecule has 3 nitrogen and oxygen atoms in total. The summed E-state index contributed by atoms with van der Waals surface area (Å²) in [5.74, 6) is 0. The van der Waals surface area contributed by atoms with Crippen LogP contribution in [0.1, 0.15) is 11.3 Å². The van der Waals surface area contributed by atoms with Gasteiger partial charge in [0.25, 0.3) is 0 Å². The standard InChI is InChI=1S/C16H15Br2N3/c1-10-7-12(17)16(13(18)8-10)19-9-14-11-5-3-4-6-15(11)21(2)20-14/h3-8,19H,9H2,1-2H3. The predicted octanol–water partition coefficient (Wildman–Crippen LogP) is 5.02. The summed E-state index contributed by atoms with van der Waals surface area (Å²) in [6.07, 6.45) is 0. The number of nitrogens with one attached hydrogen (secondary N) is 1. The summed E-state index contributed by atoms with van der Waals surface area (Å²) in [6.45, 7) is 2.76. The molecule has 108 valence electrons. The zero-order chi connectivity index (χ0) is 15.0. The number of rotatable bonds is 3. The second-order valence-electron chi connectivity index (χ2n) is 5.04. The number of nitrogens with zero attached hydrogens (tertiary/aromatic N) is 2. The van der Waals surface area contributed by atoms with Gasteiger partial charge in [-0.25, -0.2) is 0 Å². The lowest BCUT2D eigenvalue weighted by molar-refractivity contribution is 0.771. The number of hydrogen-bond acceptors (Lipinski definition) is 2. The van der Waals surface area contributed by atoms with Gasteiger partial charge in [-0.05, 0) is 62.5 Å². The molecule has 3 aromatic rings. The molecule has 0 aliphatic carbocycles. The third kappa shape index (κ3) is 2.85. The first kappa shape index (κ1) is 14.6. The lowest BCUT2D eigenvalue weighted by Crippen LogP contribution is -2.03. The summed E-state index contributed by atoms with van der Waals surface area (Å²) in [5.41, 5.74) is 4.46. The summed E-state index contributed by atoms with van der Waals surface area (Å²) in [7, 11) is 1.98. The van der Waals surface area contributed by atoms with E-state index in [1.54, 1.807) is 0 Å². The fourth-order valence-corrected chi connectivity index (χ4v) is 4.16. The summed E-state index contributed by atoms with van der Waals surface area (Å²) < 4.78 is 4.02. The molecule has 0 fully saturated rings. The van der Waals surface area contributed by atoms with E-state index in [9.17, 15) is 0 Å². The van der Waals surface area contributed by atoms with Crippen LogP contribution >= 0.6 is 31.9 Å². The molecule has 0 spiro atoms. The minimum absolute atomic E-state index is 0.682. The number of halogens is 2. The monoisotopic (exact) mass is 407 g/mol. The largest absolute Gasteiger partial charge is 0.377 e. The van der Waals surface area contributed by atoms with Crippen molar-refractivity contribution in [2.24, 2.45) is 7.05 Å². The quantitative estimate of drug-likeness (QED) is 0.659. The van der Waals surface area contributed by atoms with Crippen molar-refractivity contribution in [2.75, 3.05) is 5.32 Å². The third-order valence-corrected chi connectivity index (χ3v) is 4.70. The highest BCUT2D eigenvalue weighted by Gasteiger charge is 2.10. The van der Waals surface area contributed by atoms with Crippen molar-refractivity contribution in [1.82, 2.24) is 9.78 Å². The van der Waals surface area contributed by atoms with Gasteiger partial charge in [0.15, 0.2) is 0 Å². The van der Waals surface area contributed by atoms with Gasteiger partial charge in [-0.15, -0.1) is 0 Å². The highest BCUT2D eigenvalue weighted by Crippen LogP contribution is 2.33. The summed E-state index contributed by atoms with van der Waals surface area (Å²) in [4.78, 5) is 0. The van der Waals surface area contributed by atoms with Crippen LogP contribution in [0.3, 0.4) is 0 Å². The number of aromatic nitrogens is 2. The van der Waals surface area contributed by atoms with Crippen LogP contribution in [-0.2, 0) is 13.6 Å². The van der Waals surface area contributed by atoms with E-state index >= 15 is 0 Å². The van der Waals surface area contributed by atoms with Crippen molar-refractivity contribution in [3.05, 3.63) is 56.6 Å². The van der Waals surface area contributed by atoms with Gasteiger partial charge < -0.3 is 5.32 Å². The summed E-state index contributed by atoms with van der Waals surface area (Å²) in [6, 6.07) is 12.5. The van der Waals surface area contributed by atoms with E-state index in [0.29, 0.717) is 6.54 Å². The van der Waals surface area contributed by atoms with Gasteiger partial charge in [0.05, 0.1) is 23.4 Å². The van der Waals surface area contributed by atoms with Crippen molar-refractivity contribution in [3.63, 3.8) is 0 Å². The van der Waals surface area contributed by atoms with Gasteiger partial charge in [-0.1, -0.05) is 18.2 Å². The Hall–Kier alpha value is -1.33. The van der Waals surface area contributed by atoms with Crippen LogP contribution in [0.4, 0.5) is 5.69 Å². The second-order valence-corrected chi connectivity index (χ2v) is 6.75. The highest BCUT2D eigenvalue weighted by molar-refractivity contribution is 9.11. The smallest absolute Gasteiger partial charge is 0.0894 e. The fraction of sp³-hybridized carbons (Fsp3) is 0.188. The van der Waals surface area contributed by atoms with Crippen molar-refractivity contribution in [1.29, 1.82) is 0 Å². The summed E-state index contributed by atoms with van der Waals surface area (Å²) in [5, 5.41) is 9.25. The lowest BCUT2D eigenvalue weighted by atomic mass is 10.2. The molecule has 0 unspecified atom stereocenters. The first-order valence-corrected chi connectivity index (χ1v) is 8.25. The molecular weight excluding hydrogens is 394 g/mol. The maximum absolute atomic E-state index is 4.61. The van der Waals surface area contributed by atoms with Crippen molar-refractivity contribution < 1.29 is 0 Å². The van der Waals surface area contributed by atoms with Crippen LogP contribution in [0.25, 0.3) is 10.9 Å². The fourth-order valence-electron chi connectivity index (χ4n) is 2.46.